The molecule has 1 aromatic carbocycles. The molecule has 0 aliphatic rings. The van der Waals surface area contributed by atoms with E-state index >= 15 is 0 Å². The van der Waals surface area contributed by atoms with Gasteiger partial charge < -0.3 is 0 Å². The van der Waals surface area contributed by atoms with Gasteiger partial charge >= 0.3 is 0 Å². The first-order chi connectivity index (χ1) is 5.65. The molecule has 5 heteroatoms. The Balaban J connectivity index is 3.10. The van der Waals surface area contributed by atoms with Gasteiger partial charge in [-0.15, -0.1) is 4.48 Å². The normalized spacial score (nSPS) is 10.3. The zero-order valence-electron chi connectivity index (χ0n) is 5.87. The fraction of sp³-hybridized carbons (Fsp3) is 0.143. The summed E-state index contributed by atoms with van der Waals surface area (Å²) in [4.78, 5) is 0. The summed E-state index contributed by atoms with van der Waals surface area (Å²) in [5.41, 5.74) is 0.568. The molecule has 12 heavy (non-hydrogen) atoms. The molecule has 1 nitrogen and oxygen atoms in total. The highest BCUT2D eigenvalue weighted by Crippen LogP contribution is 2.14. The second-order valence-electron chi connectivity index (χ2n) is 2.16. The number of halogens is 4. The van der Waals surface area contributed by atoms with Crippen molar-refractivity contribution in [2.75, 3.05) is 0 Å². The zero-order chi connectivity index (χ0) is 9.14. The first-order valence-corrected chi connectivity index (χ1v) is 3.12. The van der Waals surface area contributed by atoms with Crippen molar-refractivity contribution in [1.82, 2.24) is 5.54 Å². The fourth-order valence-electron chi connectivity index (χ4n) is 0.808. The summed E-state index contributed by atoms with van der Waals surface area (Å²) in [6.07, 6.45) is 0. The largest absolute Gasteiger partial charge is 0.207 e. The van der Waals surface area contributed by atoms with Crippen molar-refractivity contribution in [2.45, 2.75) is 6.54 Å². The highest BCUT2D eigenvalue weighted by Gasteiger charge is 2.10. The van der Waals surface area contributed by atoms with Crippen LogP contribution in [-0.4, -0.2) is 0 Å². The highest BCUT2D eigenvalue weighted by atomic mass is 19.2. The quantitative estimate of drug-likeness (QED) is 0.541. The van der Waals surface area contributed by atoms with Gasteiger partial charge in [0, 0.05) is 17.7 Å². The van der Waals surface area contributed by atoms with E-state index in [0.717, 1.165) is 5.54 Å². The lowest BCUT2D eigenvalue weighted by Crippen LogP contribution is -2.05. The van der Waals surface area contributed by atoms with Crippen LogP contribution in [0.2, 0.25) is 0 Å². The minimum atomic E-state index is -1.10. The minimum absolute atomic E-state index is 0.496. The van der Waals surface area contributed by atoms with Crippen LogP contribution >= 0.6 is 0 Å². The maximum absolute atomic E-state index is 12.6. The van der Waals surface area contributed by atoms with Crippen molar-refractivity contribution < 1.29 is 17.7 Å². The lowest BCUT2D eigenvalue weighted by atomic mass is 10.2. The Hall–Kier alpha value is -1.10. The van der Waals surface area contributed by atoms with Crippen LogP contribution in [0.1, 0.15) is 5.56 Å². The van der Waals surface area contributed by atoms with Crippen LogP contribution in [0.4, 0.5) is 17.7 Å². The van der Waals surface area contributed by atoms with Crippen LogP contribution < -0.4 is 5.54 Å². The van der Waals surface area contributed by atoms with E-state index in [4.69, 9.17) is 0 Å². The molecule has 0 radical (unpaired) electrons. The van der Waals surface area contributed by atoms with Gasteiger partial charge in [0.1, 0.15) is 17.5 Å². The van der Waals surface area contributed by atoms with Gasteiger partial charge in [0.05, 0.1) is 6.54 Å². The highest BCUT2D eigenvalue weighted by molar-refractivity contribution is 5.20. The Morgan fingerprint density at radius 2 is 1.58 bits per heavy atom. The van der Waals surface area contributed by atoms with Crippen LogP contribution in [0.3, 0.4) is 0 Å². The van der Waals surface area contributed by atoms with Crippen molar-refractivity contribution in [2.24, 2.45) is 0 Å². The number of benzene rings is 1. The molecule has 1 N–H and O–H groups in total. The van der Waals surface area contributed by atoms with Crippen molar-refractivity contribution in [3.63, 3.8) is 0 Å². The standard InChI is InChI=1S/C7H5F4N/c8-4-1-6(9)5(3-12-11)7(10)2-4/h1-2,12H,3H2. The van der Waals surface area contributed by atoms with Crippen LogP contribution in [0.15, 0.2) is 12.1 Å². The van der Waals surface area contributed by atoms with Gasteiger partial charge in [-0.3, -0.25) is 0 Å². The molecule has 1 rings (SSSR count). The van der Waals surface area contributed by atoms with E-state index in [1.54, 1.807) is 0 Å². The van der Waals surface area contributed by atoms with E-state index < -0.39 is 29.6 Å². The average molecular weight is 179 g/mol. The zero-order valence-corrected chi connectivity index (χ0v) is 5.87. The molecule has 0 atom stereocenters. The van der Waals surface area contributed by atoms with Crippen LogP contribution in [0.5, 0.6) is 0 Å². The summed E-state index contributed by atoms with van der Waals surface area (Å²) in [5, 5.41) is 0. The van der Waals surface area contributed by atoms with Gasteiger partial charge in [-0.1, -0.05) is 0 Å². The Morgan fingerprint density at radius 3 is 2.00 bits per heavy atom. The summed E-state index contributed by atoms with van der Waals surface area (Å²) in [6.45, 7) is -0.613. The van der Waals surface area contributed by atoms with E-state index in [1.807, 2.05) is 0 Å². The molecule has 0 saturated carbocycles. The van der Waals surface area contributed by atoms with E-state index in [2.05, 4.69) is 0 Å². The van der Waals surface area contributed by atoms with Gasteiger partial charge in [-0.25, -0.2) is 13.2 Å². The van der Waals surface area contributed by atoms with E-state index in [0.29, 0.717) is 12.1 Å². The lowest BCUT2D eigenvalue weighted by molar-refractivity contribution is 0.321. The smallest absolute Gasteiger partial charge is 0.133 e. The minimum Gasteiger partial charge on any atom is -0.207 e. The predicted octanol–water partition coefficient (Wildman–Crippen LogP) is 2.08. The maximum Gasteiger partial charge on any atom is 0.133 e. The molecule has 0 bridgehead atoms. The van der Waals surface area contributed by atoms with Crippen LogP contribution in [0, 0.1) is 17.5 Å². The molecule has 0 spiro atoms. The molecule has 0 heterocycles. The van der Waals surface area contributed by atoms with E-state index in [-0.39, 0.29) is 0 Å². The fourth-order valence-corrected chi connectivity index (χ4v) is 0.808. The van der Waals surface area contributed by atoms with Gasteiger partial charge in [0.2, 0.25) is 0 Å². The molecule has 0 fully saturated rings. The van der Waals surface area contributed by atoms with Gasteiger partial charge in [-0.05, 0) is 0 Å². The number of hydrogen-bond acceptors (Lipinski definition) is 1. The summed E-state index contributed by atoms with van der Waals surface area (Å²) < 4.78 is 48.9. The monoisotopic (exact) mass is 179 g/mol. The Morgan fingerprint density at radius 1 is 1.08 bits per heavy atom. The molecule has 0 aromatic heterocycles. The summed E-state index contributed by atoms with van der Waals surface area (Å²) in [5.74, 6) is -3.22. The van der Waals surface area contributed by atoms with E-state index in [1.165, 1.54) is 0 Å². The van der Waals surface area contributed by atoms with Crippen molar-refractivity contribution in [3.05, 3.63) is 35.1 Å². The number of nitrogens with one attached hydrogen (secondary N) is 1. The molecule has 0 aliphatic heterocycles. The maximum atomic E-state index is 12.6. The first-order valence-electron chi connectivity index (χ1n) is 3.12. The predicted molar refractivity (Wildman–Crippen MR) is 34.3 cm³/mol. The number of hydrogen-bond donors (Lipinski definition) is 1. The molecule has 0 amide bonds. The molecule has 66 valence electrons. The summed E-state index contributed by atoms with van der Waals surface area (Å²) >= 11 is 0. The van der Waals surface area contributed by atoms with Crippen molar-refractivity contribution in [3.8, 4) is 0 Å². The molecule has 0 saturated heterocycles. The second-order valence-corrected chi connectivity index (χ2v) is 2.16. The summed E-state index contributed by atoms with van der Waals surface area (Å²) in [7, 11) is 0. The van der Waals surface area contributed by atoms with Crippen molar-refractivity contribution >= 4 is 0 Å². The molecule has 0 aliphatic carbocycles. The average Bonchev–Trinajstić information content (AvgIpc) is 1.96. The van der Waals surface area contributed by atoms with Crippen molar-refractivity contribution in [1.29, 1.82) is 0 Å². The number of rotatable bonds is 2. The first kappa shape index (κ1) is 8.99. The lowest BCUT2D eigenvalue weighted by Gasteiger charge is -2.01. The van der Waals surface area contributed by atoms with E-state index in [9.17, 15) is 17.7 Å². The molecular formula is C7H5F4N. The second kappa shape index (κ2) is 3.53. The third-order valence-corrected chi connectivity index (χ3v) is 1.35. The summed E-state index contributed by atoms with van der Waals surface area (Å²) in [6, 6.07) is 0.992. The Kier molecular flexibility index (Phi) is 2.65. The van der Waals surface area contributed by atoms with Crippen LogP contribution in [-0.2, 0) is 6.54 Å². The van der Waals surface area contributed by atoms with Crippen LogP contribution in [0.25, 0.3) is 0 Å². The Bertz CT molecular complexity index is 264. The molecular weight excluding hydrogens is 174 g/mol. The van der Waals surface area contributed by atoms with Gasteiger partial charge in [0.25, 0.3) is 0 Å². The molecule has 1 aromatic rings. The molecule has 0 unspecified atom stereocenters. The van der Waals surface area contributed by atoms with Gasteiger partial charge in [-0.2, -0.15) is 5.54 Å². The third kappa shape index (κ3) is 1.73. The SMILES string of the molecule is FNCc1c(F)cc(F)cc1F. The Labute approximate surface area is 65.9 Å². The topological polar surface area (TPSA) is 12.0 Å². The van der Waals surface area contributed by atoms with Gasteiger partial charge in [0.15, 0.2) is 0 Å². The third-order valence-electron chi connectivity index (χ3n) is 1.35.